The molecule has 1 N–H and O–H groups in total. The van der Waals surface area contributed by atoms with E-state index in [-0.39, 0.29) is 13.0 Å². The van der Waals surface area contributed by atoms with Gasteiger partial charge >= 0.3 is 6.18 Å². The largest absolute Gasteiger partial charge is 0.411 e. The van der Waals surface area contributed by atoms with Crippen molar-refractivity contribution in [3.63, 3.8) is 0 Å². The molecular formula is C14H20F3N3O. The van der Waals surface area contributed by atoms with Gasteiger partial charge in [-0.25, -0.2) is 9.97 Å². The number of nitrogens with zero attached hydrogens (tertiary/aromatic N) is 2. The highest BCUT2D eigenvalue weighted by Gasteiger charge is 2.27. The topological polar surface area (TPSA) is 47.0 Å². The average molecular weight is 303 g/mol. The van der Waals surface area contributed by atoms with E-state index in [9.17, 15) is 13.2 Å². The van der Waals surface area contributed by atoms with Gasteiger partial charge in [-0.1, -0.05) is 6.42 Å². The van der Waals surface area contributed by atoms with Crippen molar-refractivity contribution in [3.05, 3.63) is 17.1 Å². The van der Waals surface area contributed by atoms with E-state index in [0.29, 0.717) is 5.82 Å². The van der Waals surface area contributed by atoms with E-state index in [1.807, 2.05) is 0 Å². The van der Waals surface area contributed by atoms with E-state index in [0.717, 1.165) is 42.8 Å². The molecule has 0 unspecified atom stereocenters. The number of fused-ring (bicyclic) bond motifs is 1. The summed E-state index contributed by atoms with van der Waals surface area (Å²) in [5.74, 6) is 1.34. The van der Waals surface area contributed by atoms with Crippen LogP contribution in [0.15, 0.2) is 0 Å². The molecule has 0 amide bonds. The zero-order valence-corrected chi connectivity index (χ0v) is 12.1. The molecule has 0 bridgehead atoms. The molecule has 0 saturated heterocycles. The van der Waals surface area contributed by atoms with Gasteiger partial charge in [0.25, 0.3) is 0 Å². The summed E-state index contributed by atoms with van der Waals surface area (Å²) < 4.78 is 40.6. The van der Waals surface area contributed by atoms with Crippen LogP contribution in [0.5, 0.6) is 0 Å². The van der Waals surface area contributed by atoms with Crippen molar-refractivity contribution in [2.45, 2.75) is 44.7 Å². The minimum absolute atomic E-state index is 0.0263. The molecule has 21 heavy (non-hydrogen) atoms. The fraction of sp³-hybridized carbons (Fsp3) is 0.714. The highest BCUT2D eigenvalue weighted by atomic mass is 19.4. The van der Waals surface area contributed by atoms with Crippen LogP contribution in [0.25, 0.3) is 0 Å². The van der Waals surface area contributed by atoms with E-state index in [4.69, 9.17) is 0 Å². The van der Waals surface area contributed by atoms with Crippen molar-refractivity contribution in [1.82, 2.24) is 9.97 Å². The summed E-state index contributed by atoms with van der Waals surface area (Å²) in [6, 6.07) is 0. The van der Waals surface area contributed by atoms with Crippen LogP contribution >= 0.6 is 0 Å². The van der Waals surface area contributed by atoms with E-state index < -0.39 is 12.8 Å². The number of halogens is 3. The van der Waals surface area contributed by atoms with E-state index in [1.165, 1.54) is 6.42 Å². The zero-order chi connectivity index (χ0) is 15.3. The molecule has 1 aromatic rings. The number of aryl methyl sites for hydroxylation is 1. The van der Waals surface area contributed by atoms with E-state index in [1.54, 1.807) is 7.05 Å². The number of anilines is 1. The van der Waals surface area contributed by atoms with Crippen LogP contribution in [0.4, 0.5) is 19.0 Å². The maximum absolute atomic E-state index is 12.0. The number of hydrogen-bond donors (Lipinski definition) is 1. The Morgan fingerprint density at radius 3 is 2.62 bits per heavy atom. The molecule has 118 valence electrons. The Morgan fingerprint density at radius 2 is 1.90 bits per heavy atom. The standard InChI is InChI=1S/C14H20F3N3O/c1-18-13-10-5-3-2-4-6-11(10)19-12(20-13)7-8-21-9-14(15,16)17/h2-9H2,1H3,(H,18,19,20). The number of ether oxygens (including phenoxy) is 1. The first kappa shape index (κ1) is 16.0. The normalized spacial score (nSPS) is 15.4. The molecule has 4 nitrogen and oxygen atoms in total. The highest BCUT2D eigenvalue weighted by Crippen LogP contribution is 2.24. The second kappa shape index (κ2) is 7.06. The molecule has 0 aliphatic heterocycles. The number of hydrogen-bond acceptors (Lipinski definition) is 4. The fourth-order valence-electron chi connectivity index (χ4n) is 2.49. The third kappa shape index (κ3) is 4.84. The lowest BCUT2D eigenvalue weighted by Gasteiger charge is -2.13. The van der Waals surface area contributed by atoms with Crippen molar-refractivity contribution in [1.29, 1.82) is 0 Å². The van der Waals surface area contributed by atoms with Gasteiger partial charge in [-0.2, -0.15) is 13.2 Å². The summed E-state index contributed by atoms with van der Waals surface area (Å²) in [7, 11) is 1.80. The van der Waals surface area contributed by atoms with Crippen LogP contribution in [0.2, 0.25) is 0 Å². The molecule has 0 radical (unpaired) electrons. The van der Waals surface area contributed by atoms with Gasteiger partial charge in [0.15, 0.2) is 0 Å². The molecule has 2 rings (SSSR count). The highest BCUT2D eigenvalue weighted by molar-refractivity contribution is 5.46. The Kier molecular flexibility index (Phi) is 5.39. The molecule has 1 aliphatic rings. The lowest BCUT2D eigenvalue weighted by atomic mass is 10.1. The Morgan fingerprint density at radius 1 is 1.14 bits per heavy atom. The average Bonchev–Trinajstić information content (AvgIpc) is 2.67. The third-order valence-electron chi connectivity index (χ3n) is 3.45. The maximum atomic E-state index is 12.0. The van der Waals surface area contributed by atoms with Gasteiger partial charge in [-0.15, -0.1) is 0 Å². The minimum atomic E-state index is -4.29. The van der Waals surface area contributed by atoms with Gasteiger partial charge in [0, 0.05) is 24.7 Å². The number of rotatable bonds is 5. The minimum Gasteiger partial charge on any atom is -0.373 e. The second-order valence-electron chi connectivity index (χ2n) is 5.14. The summed E-state index contributed by atoms with van der Waals surface area (Å²) in [6.07, 6.45) is 1.25. The van der Waals surface area contributed by atoms with Crippen LogP contribution in [-0.4, -0.2) is 36.4 Å². The molecule has 0 atom stereocenters. The van der Waals surface area contributed by atoms with Crippen molar-refractivity contribution >= 4 is 5.82 Å². The predicted octanol–water partition coefficient (Wildman–Crippen LogP) is 2.91. The second-order valence-corrected chi connectivity index (χ2v) is 5.14. The van der Waals surface area contributed by atoms with Crippen LogP contribution in [0.3, 0.4) is 0 Å². The molecule has 0 spiro atoms. The SMILES string of the molecule is CNc1nc(CCOCC(F)(F)F)nc2c1CCCCC2. The molecule has 0 fully saturated rings. The molecular weight excluding hydrogens is 283 g/mol. The lowest BCUT2D eigenvalue weighted by molar-refractivity contribution is -0.173. The molecule has 1 aliphatic carbocycles. The van der Waals surface area contributed by atoms with Gasteiger partial charge < -0.3 is 10.1 Å². The summed E-state index contributed by atoms with van der Waals surface area (Å²) in [4.78, 5) is 8.90. The van der Waals surface area contributed by atoms with E-state index >= 15 is 0 Å². The summed E-state index contributed by atoms with van der Waals surface area (Å²) in [5, 5.41) is 3.07. The molecule has 1 aromatic heterocycles. The molecule has 1 heterocycles. The van der Waals surface area contributed by atoms with Crippen LogP contribution < -0.4 is 5.32 Å². The summed E-state index contributed by atoms with van der Waals surface area (Å²) in [6.45, 7) is -1.25. The van der Waals surface area contributed by atoms with Gasteiger partial charge in [-0.05, 0) is 25.7 Å². The van der Waals surface area contributed by atoms with Crippen molar-refractivity contribution in [2.75, 3.05) is 25.6 Å². The fourth-order valence-corrected chi connectivity index (χ4v) is 2.49. The van der Waals surface area contributed by atoms with Crippen molar-refractivity contribution < 1.29 is 17.9 Å². The predicted molar refractivity (Wildman–Crippen MR) is 73.4 cm³/mol. The quantitative estimate of drug-likeness (QED) is 0.671. The van der Waals surface area contributed by atoms with Crippen LogP contribution in [0, 0.1) is 0 Å². The summed E-state index contributed by atoms with van der Waals surface area (Å²) in [5.41, 5.74) is 2.17. The van der Waals surface area contributed by atoms with Crippen LogP contribution in [-0.2, 0) is 24.0 Å². The third-order valence-corrected chi connectivity index (χ3v) is 3.45. The van der Waals surface area contributed by atoms with Gasteiger partial charge in [0.1, 0.15) is 18.2 Å². The first-order valence-electron chi connectivity index (χ1n) is 7.20. The Balaban J connectivity index is 2.02. The van der Waals surface area contributed by atoms with Crippen molar-refractivity contribution in [3.8, 4) is 0 Å². The molecule has 7 heteroatoms. The lowest BCUT2D eigenvalue weighted by Crippen LogP contribution is -2.18. The van der Waals surface area contributed by atoms with Crippen LogP contribution in [0.1, 0.15) is 36.3 Å². The monoisotopic (exact) mass is 303 g/mol. The maximum Gasteiger partial charge on any atom is 0.411 e. The number of nitrogens with one attached hydrogen (secondary N) is 1. The van der Waals surface area contributed by atoms with Gasteiger partial charge in [-0.3, -0.25) is 0 Å². The smallest absolute Gasteiger partial charge is 0.373 e. The Bertz CT molecular complexity index is 477. The van der Waals surface area contributed by atoms with Gasteiger partial charge in [0.2, 0.25) is 0 Å². The first-order valence-corrected chi connectivity index (χ1v) is 7.20. The Hall–Kier alpha value is -1.37. The molecule has 0 aromatic carbocycles. The first-order chi connectivity index (χ1) is 9.99. The van der Waals surface area contributed by atoms with E-state index in [2.05, 4.69) is 20.0 Å². The Labute approximate surface area is 122 Å². The summed E-state index contributed by atoms with van der Waals surface area (Å²) >= 11 is 0. The molecule has 0 saturated carbocycles. The van der Waals surface area contributed by atoms with Gasteiger partial charge in [0.05, 0.1) is 6.61 Å². The number of alkyl halides is 3. The zero-order valence-electron chi connectivity index (χ0n) is 12.1. The van der Waals surface area contributed by atoms with Crippen molar-refractivity contribution in [2.24, 2.45) is 0 Å². The number of aromatic nitrogens is 2.